The molecule has 4 aromatic carbocycles. The van der Waals surface area contributed by atoms with Gasteiger partial charge < -0.3 is 24.4 Å². The van der Waals surface area contributed by atoms with E-state index in [0.29, 0.717) is 30.5 Å². The third-order valence-corrected chi connectivity index (χ3v) is 9.18. The number of carbonyl (C=O) groups is 1. The zero-order valence-electron chi connectivity index (χ0n) is 27.4. The van der Waals surface area contributed by atoms with Gasteiger partial charge >= 0.3 is 0 Å². The average Bonchev–Trinajstić information content (AvgIpc) is 3.46. The van der Waals surface area contributed by atoms with Crippen LogP contribution in [0.2, 0.25) is 0 Å². The van der Waals surface area contributed by atoms with E-state index in [0.717, 1.165) is 74.4 Å². The molecule has 2 heterocycles. The quantitative estimate of drug-likeness (QED) is 0.125. The van der Waals surface area contributed by atoms with Gasteiger partial charge in [0.05, 0.1) is 17.6 Å². The number of anilines is 1. The third kappa shape index (κ3) is 8.58. The van der Waals surface area contributed by atoms with E-state index in [9.17, 15) is 13.6 Å². The van der Waals surface area contributed by atoms with E-state index in [-0.39, 0.29) is 23.5 Å². The van der Waals surface area contributed by atoms with Crippen LogP contribution >= 0.6 is 0 Å². The molecule has 48 heavy (non-hydrogen) atoms. The molecule has 0 aliphatic carbocycles. The van der Waals surface area contributed by atoms with Gasteiger partial charge in [-0.05, 0) is 98.5 Å². The number of halogens is 2. The Kier molecular flexibility index (Phi) is 11.0. The van der Waals surface area contributed by atoms with Gasteiger partial charge in [0.15, 0.2) is 0 Å². The van der Waals surface area contributed by atoms with Crippen molar-refractivity contribution in [1.82, 2.24) is 19.4 Å². The van der Waals surface area contributed by atoms with Crippen LogP contribution in [0.1, 0.15) is 47.5 Å². The van der Waals surface area contributed by atoms with Crippen LogP contribution in [0.4, 0.5) is 14.7 Å². The van der Waals surface area contributed by atoms with Crippen molar-refractivity contribution in [2.75, 3.05) is 45.2 Å². The minimum atomic E-state index is -0.275. The number of aromatic nitrogens is 2. The van der Waals surface area contributed by atoms with Crippen molar-refractivity contribution in [2.24, 2.45) is 0 Å². The second kappa shape index (κ2) is 15.9. The number of imidazole rings is 1. The molecule has 0 spiro atoms. The molecule has 1 fully saturated rings. The van der Waals surface area contributed by atoms with Gasteiger partial charge in [-0.1, -0.05) is 42.5 Å². The molecule has 1 atom stereocenters. The van der Waals surface area contributed by atoms with Crippen LogP contribution in [0.5, 0.6) is 5.75 Å². The van der Waals surface area contributed by atoms with E-state index < -0.39 is 0 Å². The first kappa shape index (κ1) is 33.2. The highest BCUT2D eigenvalue weighted by Crippen LogP contribution is 2.26. The molecule has 1 aromatic heterocycles. The summed E-state index contributed by atoms with van der Waals surface area (Å²) in [5.41, 5.74) is 3.75. The normalized spacial score (nSPS) is 14.6. The zero-order valence-corrected chi connectivity index (χ0v) is 27.4. The largest absolute Gasteiger partial charge is 0.494 e. The predicted octanol–water partition coefficient (Wildman–Crippen LogP) is 7.61. The highest BCUT2D eigenvalue weighted by atomic mass is 19.1. The third-order valence-electron chi connectivity index (χ3n) is 9.18. The summed E-state index contributed by atoms with van der Waals surface area (Å²) in [5, 5.41) is 3.74. The van der Waals surface area contributed by atoms with E-state index in [1.54, 1.807) is 17.0 Å². The smallest absolute Gasteiger partial charge is 0.253 e. The van der Waals surface area contributed by atoms with Crippen molar-refractivity contribution < 1.29 is 18.3 Å². The molecular formula is C39H43F2N5O2. The van der Waals surface area contributed by atoms with E-state index in [1.807, 2.05) is 67.7 Å². The SMILES string of the molecule is CN(CC(CCN1CCC(Nc2nc3ccccc3n2CCCOc2ccc(F)cc2)CC1)c1ccc(F)cc1)C(=O)c1ccccc1. The van der Waals surface area contributed by atoms with Crippen molar-refractivity contribution >= 4 is 22.9 Å². The first-order valence-electron chi connectivity index (χ1n) is 16.8. The number of aryl methyl sites for hydroxylation is 1. The van der Waals surface area contributed by atoms with Gasteiger partial charge in [0, 0.05) is 50.7 Å². The number of likely N-dealkylation sites (tertiary alicyclic amines) is 1. The monoisotopic (exact) mass is 651 g/mol. The van der Waals surface area contributed by atoms with Crippen molar-refractivity contribution in [2.45, 2.75) is 44.2 Å². The average molecular weight is 652 g/mol. The molecule has 1 amide bonds. The number of amides is 1. The molecule has 0 radical (unpaired) electrons. The number of likely N-dealkylation sites (N-methyl/N-ethyl adjacent to an activating group) is 1. The molecule has 9 heteroatoms. The molecule has 5 aromatic rings. The number of hydrogen-bond donors (Lipinski definition) is 1. The van der Waals surface area contributed by atoms with Gasteiger partial charge in [-0.15, -0.1) is 0 Å². The van der Waals surface area contributed by atoms with Crippen molar-refractivity contribution in [3.63, 3.8) is 0 Å². The van der Waals surface area contributed by atoms with Crippen molar-refractivity contribution in [3.8, 4) is 5.75 Å². The molecule has 0 saturated carbocycles. The second-order valence-corrected chi connectivity index (χ2v) is 12.6. The zero-order chi connectivity index (χ0) is 33.3. The van der Waals surface area contributed by atoms with Crippen LogP contribution < -0.4 is 10.1 Å². The molecule has 6 rings (SSSR count). The summed E-state index contributed by atoms with van der Waals surface area (Å²) in [4.78, 5) is 22.3. The number of ether oxygens (including phenoxy) is 1. The molecule has 0 bridgehead atoms. The second-order valence-electron chi connectivity index (χ2n) is 12.6. The topological polar surface area (TPSA) is 62.6 Å². The molecule has 1 unspecified atom stereocenters. The van der Waals surface area contributed by atoms with E-state index in [1.165, 1.54) is 24.3 Å². The lowest BCUT2D eigenvalue weighted by Gasteiger charge is -2.34. The lowest BCUT2D eigenvalue weighted by atomic mass is 9.94. The Morgan fingerprint density at radius 2 is 1.56 bits per heavy atom. The molecule has 1 N–H and O–H groups in total. The Morgan fingerprint density at radius 3 is 2.29 bits per heavy atom. The predicted molar refractivity (Wildman–Crippen MR) is 186 cm³/mol. The maximum Gasteiger partial charge on any atom is 0.253 e. The summed E-state index contributed by atoms with van der Waals surface area (Å²) < 4.78 is 35.1. The Hall–Kier alpha value is -4.76. The molecule has 7 nitrogen and oxygen atoms in total. The maximum atomic E-state index is 13.8. The molecule has 1 aliphatic heterocycles. The molecule has 1 saturated heterocycles. The fourth-order valence-corrected chi connectivity index (χ4v) is 6.49. The van der Waals surface area contributed by atoms with Crippen LogP contribution in [-0.2, 0) is 6.54 Å². The summed E-state index contributed by atoms with van der Waals surface area (Å²) in [7, 11) is 1.84. The summed E-state index contributed by atoms with van der Waals surface area (Å²) in [5.74, 6) is 1.08. The summed E-state index contributed by atoms with van der Waals surface area (Å²) in [6.45, 7) is 4.63. The fraction of sp³-hybridized carbons (Fsp3) is 0.333. The van der Waals surface area contributed by atoms with Crippen molar-refractivity contribution in [3.05, 3.63) is 126 Å². The van der Waals surface area contributed by atoms with Gasteiger partial charge in [0.2, 0.25) is 5.95 Å². The van der Waals surface area contributed by atoms with Crippen LogP contribution in [0.25, 0.3) is 11.0 Å². The van der Waals surface area contributed by atoms with Gasteiger partial charge in [-0.3, -0.25) is 4.79 Å². The first-order chi connectivity index (χ1) is 23.4. The molecule has 1 aliphatic rings. The van der Waals surface area contributed by atoms with Gasteiger partial charge in [0.1, 0.15) is 17.4 Å². The number of nitrogens with zero attached hydrogens (tertiary/aromatic N) is 4. The van der Waals surface area contributed by atoms with Gasteiger partial charge in [-0.25, -0.2) is 13.8 Å². The minimum Gasteiger partial charge on any atom is -0.494 e. The number of piperidine rings is 1. The van der Waals surface area contributed by atoms with Crippen LogP contribution in [0.3, 0.4) is 0 Å². The first-order valence-corrected chi connectivity index (χ1v) is 16.8. The number of carbonyl (C=O) groups excluding carboxylic acids is 1. The van der Waals surface area contributed by atoms with E-state index >= 15 is 0 Å². The van der Waals surface area contributed by atoms with Crippen LogP contribution in [0.15, 0.2) is 103 Å². The lowest BCUT2D eigenvalue weighted by Crippen LogP contribution is -2.40. The van der Waals surface area contributed by atoms with Gasteiger partial charge in [-0.2, -0.15) is 0 Å². The summed E-state index contributed by atoms with van der Waals surface area (Å²) in [6, 6.07) is 30.6. The highest BCUT2D eigenvalue weighted by Gasteiger charge is 2.24. The van der Waals surface area contributed by atoms with Gasteiger partial charge in [0.25, 0.3) is 5.91 Å². The Labute approximate surface area is 281 Å². The highest BCUT2D eigenvalue weighted by molar-refractivity contribution is 5.94. The fourth-order valence-electron chi connectivity index (χ4n) is 6.49. The Balaban J connectivity index is 1.03. The Bertz CT molecular complexity index is 1750. The molecule has 250 valence electrons. The maximum absolute atomic E-state index is 13.8. The molecular weight excluding hydrogens is 608 g/mol. The number of benzene rings is 4. The van der Waals surface area contributed by atoms with Crippen LogP contribution in [0, 0.1) is 11.6 Å². The summed E-state index contributed by atoms with van der Waals surface area (Å²) >= 11 is 0. The van der Waals surface area contributed by atoms with E-state index in [4.69, 9.17) is 9.72 Å². The van der Waals surface area contributed by atoms with Crippen LogP contribution in [-0.4, -0.2) is 71.1 Å². The Morgan fingerprint density at radius 1 is 0.896 bits per heavy atom. The number of hydrogen-bond acceptors (Lipinski definition) is 5. The number of para-hydroxylation sites is 2. The number of rotatable bonds is 14. The summed E-state index contributed by atoms with van der Waals surface area (Å²) in [6.07, 6.45) is 3.63. The number of fused-ring (bicyclic) bond motifs is 1. The lowest BCUT2D eigenvalue weighted by molar-refractivity contribution is 0.0782. The van der Waals surface area contributed by atoms with E-state index in [2.05, 4.69) is 20.9 Å². The standard InChI is InChI=1S/C39H43F2N5O2/c1-44(38(47)30-8-3-2-4-9-30)28-31(29-12-14-32(40)15-13-29)20-24-45-25-21-34(22-26-45)42-39-43-36-10-5-6-11-37(36)46(39)23-7-27-48-35-18-16-33(41)17-19-35/h2-6,8-19,31,34H,7,20-28H2,1H3,(H,42,43). The number of nitrogens with one attached hydrogen (secondary N) is 1. The minimum absolute atomic E-state index is 0.0129. The van der Waals surface area contributed by atoms with Crippen molar-refractivity contribution in [1.29, 1.82) is 0 Å².